The van der Waals surface area contributed by atoms with Gasteiger partial charge in [-0.15, -0.1) is 65.4 Å². The molecule has 7 aromatic rings. The van der Waals surface area contributed by atoms with Gasteiger partial charge in [0.25, 0.3) is 0 Å². The van der Waals surface area contributed by atoms with Gasteiger partial charge in [-0.05, 0) is 49.4 Å². The van der Waals surface area contributed by atoms with Crippen molar-refractivity contribution in [3.8, 4) is 22.5 Å². The van der Waals surface area contributed by atoms with E-state index in [0.29, 0.717) is 11.3 Å². The van der Waals surface area contributed by atoms with Crippen LogP contribution in [0.25, 0.3) is 54.7 Å². The first-order chi connectivity index (χ1) is 18.9. The Balaban J connectivity index is 0.000000209. The van der Waals surface area contributed by atoms with E-state index in [9.17, 15) is 0 Å². The molecule has 0 spiro atoms. The monoisotopic (exact) mass is 679 g/mol. The van der Waals surface area contributed by atoms with Crippen LogP contribution < -0.4 is 0 Å². The smallest absolute Gasteiger partial charge is 0.216 e. The third-order valence-electron chi connectivity index (χ3n) is 5.73. The van der Waals surface area contributed by atoms with E-state index in [2.05, 4.69) is 40.1 Å². The van der Waals surface area contributed by atoms with Crippen molar-refractivity contribution in [1.29, 1.82) is 0 Å². The molecule has 0 bridgehead atoms. The van der Waals surface area contributed by atoms with E-state index in [1.165, 1.54) is 10.9 Å². The van der Waals surface area contributed by atoms with Crippen LogP contribution in [0.1, 0.15) is 14.7 Å². The number of rotatable bonds is 2. The molecule has 0 fully saturated rings. The second-order valence-corrected chi connectivity index (χ2v) is 9.49. The molecule has 0 saturated heterocycles. The summed E-state index contributed by atoms with van der Waals surface area (Å²) in [6, 6.07) is 31.2. The van der Waals surface area contributed by atoms with Gasteiger partial charge in [-0.2, -0.15) is 0 Å². The van der Waals surface area contributed by atoms with Crippen molar-refractivity contribution < 1.29 is 28.6 Å². The van der Waals surface area contributed by atoms with Gasteiger partial charge in [-0.1, -0.05) is 29.1 Å². The Morgan fingerprint density at radius 1 is 0.892 bits per heavy atom. The fourth-order valence-electron chi connectivity index (χ4n) is 4.09. The van der Waals surface area contributed by atoms with Crippen LogP contribution in [0.3, 0.4) is 0 Å². The maximum Gasteiger partial charge on any atom is 0.216 e. The van der Waals surface area contributed by atoms with Gasteiger partial charge in [-0.25, -0.2) is 4.98 Å². The van der Waals surface area contributed by atoms with Crippen LogP contribution >= 0.6 is 11.3 Å². The molecule has 0 aliphatic rings. The molecule has 0 amide bonds. The summed E-state index contributed by atoms with van der Waals surface area (Å²) < 4.78 is 29.8. The number of aryl methyl sites for hydroxylation is 2. The Morgan fingerprint density at radius 3 is 2.62 bits per heavy atom. The van der Waals surface area contributed by atoms with E-state index >= 15 is 0 Å². The average molecular weight is 679 g/mol. The predicted molar refractivity (Wildman–Crippen MR) is 147 cm³/mol. The van der Waals surface area contributed by atoms with Crippen molar-refractivity contribution in [3.63, 3.8) is 0 Å². The molecule has 37 heavy (non-hydrogen) atoms. The molecule has 5 aromatic heterocycles. The molecule has 5 heterocycles. The van der Waals surface area contributed by atoms with Gasteiger partial charge >= 0.3 is 0 Å². The van der Waals surface area contributed by atoms with E-state index < -0.39 is 6.85 Å². The molecule has 0 N–H and O–H groups in total. The number of hydrogen-bond acceptors (Lipinski definition) is 5. The standard InChI is InChI=1S/C20H13N2OS.C11H8N.Ir/c1-11-6-7-15-14-4-3-5-16(19(14)23-20(15)22-11)17-9-18-13(10-21-17)8-12(2)24-18;1-2-6-10(7-3-1)11-8-4-5-9-12-11;/h3-4,6-10H,1-2H3;1-6,8-9H;/q2*-1;/i1D3;;. The zero-order valence-electron chi connectivity index (χ0n) is 22.7. The van der Waals surface area contributed by atoms with Crippen LogP contribution in [-0.4, -0.2) is 15.0 Å². The Hall–Kier alpha value is -3.70. The maximum absolute atomic E-state index is 7.55. The first-order valence-corrected chi connectivity index (χ1v) is 12.2. The molecule has 4 nitrogen and oxygen atoms in total. The Kier molecular flexibility index (Phi) is 6.20. The molecule has 0 saturated carbocycles. The predicted octanol–water partition coefficient (Wildman–Crippen LogP) is 8.22. The Morgan fingerprint density at radius 2 is 1.81 bits per heavy atom. The zero-order valence-corrected chi connectivity index (χ0v) is 22.9. The van der Waals surface area contributed by atoms with E-state index in [1.807, 2.05) is 66.9 Å². The molecule has 2 aromatic carbocycles. The van der Waals surface area contributed by atoms with Gasteiger partial charge in [0.15, 0.2) is 0 Å². The second kappa shape index (κ2) is 10.7. The van der Waals surface area contributed by atoms with Gasteiger partial charge < -0.3 is 14.4 Å². The Labute approximate surface area is 236 Å². The van der Waals surface area contributed by atoms with Crippen LogP contribution in [0.5, 0.6) is 0 Å². The third-order valence-corrected chi connectivity index (χ3v) is 6.74. The minimum Gasteiger partial charge on any atom is -0.486 e. The van der Waals surface area contributed by atoms with E-state index in [1.54, 1.807) is 23.6 Å². The largest absolute Gasteiger partial charge is 0.486 e. The topological polar surface area (TPSA) is 51.8 Å². The molecule has 0 atom stereocenters. The van der Waals surface area contributed by atoms with Crippen molar-refractivity contribution in [2.24, 2.45) is 0 Å². The summed E-state index contributed by atoms with van der Waals surface area (Å²) in [5, 5.41) is 2.76. The van der Waals surface area contributed by atoms with Crippen molar-refractivity contribution in [2.75, 3.05) is 0 Å². The van der Waals surface area contributed by atoms with Crippen molar-refractivity contribution in [1.82, 2.24) is 15.0 Å². The summed E-state index contributed by atoms with van der Waals surface area (Å²) in [5.74, 6) is 0. The number of pyridine rings is 3. The number of furan rings is 1. The molecule has 0 aliphatic carbocycles. The number of hydrogen-bond donors (Lipinski definition) is 0. The molecular formula is C31H21IrN3OS-2. The molecular weight excluding hydrogens is 655 g/mol. The van der Waals surface area contributed by atoms with Crippen LogP contribution in [0, 0.1) is 25.9 Å². The summed E-state index contributed by atoms with van der Waals surface area (Å²) in [6.07, 6.45) is 3.64. The molecule has 0 aliphatic heterocycles. The molecule has 7 rings (SSSR count). The quantitative estimate of drug-likeness (QED) is 0.173. The average Bonchev–Trinajstić information content (AvgIpc) is 3.52. The van der Waals surface area contributed by atoms with Gasteiger partial charge in [-0.3, -0.25) is 0 Å². The maximum atomic E-state index is 7.55. The van der Waals surface area contributed by atoms with E-state index in [-0.39, 0.29) is 25.8 Å². The normalized spacial score (nSPS) is 12.3. The van der Waals surface area contributed by atoms with E-state index in [4.69, 9.17) is 8.53 Å². The molecule has 1 radical (unpaired) electrons. The molecule has 0 unspecified atom stereocenters. The fraction of sp³-hybridized carbons (Fsp3) is 0.0645. The molecule has 183 valence electrons. The van der Waals surface area contributed by atoms with Crippen LogP contribution in [0.2, 0.25) is 0 Å². The first kappa shape index (κ1) is 21.4. The summed E-state index contributed by atoms with van der Waals surface area (Å²) in [6.45, 7) is -0.198. The number of aromatic nitrogens is 3. The van der Waals surface area contributed by atoms with Crippen LogP contribution in [0.15, 0.2) is 95.7 Å². The minimum absolute atomic E-state index is 0. The number of thiophene rings is 1. The van der Waals surface area contributed by atoms with Gasteiger partial charge in [0, 0.05) is 62.7 Å². The summed E-state index contributed by atoms with van der Waals surface area (Å²) in [4.78, 5) is 14.2. The fourth-order valence-corrected chi connectivity index (χ4v) is 5.02. The van der Waals surface area contributed by atoms with Crippen molar-refractivity contribution >= 4 is 43.5 Å². The first-order valence-electron chi connectivity index (χ1n) is 12.9. The van der Waals surface area contributed by atoms with Gasteiger partial charge in [0.1, 0.15) is 0 Å². The van der Waals surface area contributed by atoms with Crippen molar-refractivity contribution in [2.45, 2.75) is 13.8 Å². The van der Waals surface area contributed by atoms with Crippen LogP contribution in [-0.2, 0) is 20.1 Å². The summed E-state index contributed by atoms with van der Waals surface area (Å²) in [5.41, 5.74) is 4.47. The number of benzene rings is 2. The van der Waals surface area contributed by atoms with E-state index in [0.717, 1.165) is 43.4 Å². The summed E-state index contributed by atoms with van der Waals surface area (Å²) in [7, 11) is 0. The van der Waals surface area contributed by atoms with Crippen molar-refractivity contribution in [3.05, 3.63) is 114 Å². The summed E-state index contributed by atoms with van der Waals surface area (Å²) >= 11 is 1.72. The second-order valence-electron chi connectivity index (χ2n) is 8.20. The van der Waals surface area contributed by atoms with Gasteiger partial charge in [0.05, 0.1) is 5.58 Å². The number of nitrogens with zero attached hydrogens (tertiary/aromatic N) is 3. The minimum atomic E-state index is -2.27. The van der Waals surface area contributed by atoms with Crippen LogP contribution in [0.4, 0.5) is 0 Å². The zero-order chi connectivity index (χ0) is 27.0. The molecule has 6 heteroatoms. The third kappa shape index (κ3) is 5.09. The SMILES string of the molecule is [2H]C([2H])([2H])c1ccc2c(n1)oc1c(-c3cc4sc(C)cc4cn3)[c-]ccc12.[Ir].[c-]1ccccc1-c1ccccn1. The number of fused-ring (bicyclic) bond motifs is 4. The van der Waals surface area contributed by atoms with Gasteiger partial charge in [0.2, 0.25) is 5.71 Å². The Bertz CT molecular complexity index is 1880.